The Morgan fingerprint density at radius 3 is 2.33 bits per heavy atom. The van der Waals surface area contributed by atoms with E-state index in [1.165, 1.54) is 0 Å². The van der Waals surface area contributed by atoms with Crippen molar-refractivity contribution in [2.24, 2.45) is 5.73 Å². The van der Waals surface area contributed by atoms with Crippen LogP contribution in [0.5, 0.6) is 0 Å². The molecule has 5 heteroatoms. The number of aliphatic hydroxyl groups is 1. The van der Waals surface area contributed by atoms with Crippen LogP contribution in [0, 0.1) is 0 Å². The summed E-state index contributed by atoms with van der Waals surface area (Å²) in [5.41, 5.74) is 6.38. The lowest BCUT2D eigenvalue weighted by molar-refractivity contribution is 0.0329. The summed E-state index contributed by atoms with van der Waals surface area (Å²) >= 11 is 11.7. The number of aliphatic hydroxyl groups excluding tert-OH is 1. The Morgan fingerprint density at radius 1 is 1.27 bits per heavy atom. The van der Waals surface area contributed by atoms with Crippen molar-refractivity contribution in [3.8, 4) is 0 Å². The van der Waals surface area contributed by atoms with E-state index in [1.54, 1.807) is 18.2 Å². The third kappa shape index (κ3) is 3.97. The van der Waals surface area contributed by atoms with E-state index in [2.05, 4.69) is 0 Å². The molecule has 0 aliphatic carbocycles. The molecule has 0 radical (unpaired) electrons. The average molecular weight is 250 g/mol. The lowest BCUT2D eigenvalue weighted by atomic mass is 10.1. The van der Waals surface area contributed by atoms with Crippen LogP contribution in [0.1, 0.15) is 11.7 Å². The predicted molar refractivity (Wildman–Crippen MR) is 61.3 cm³/mol. The molecule has 1 unspecified atom stereocenters. The number of nitrogens with two attached hydrogens (primary N) is 1. The van der Waals surface area contributed by atoms with Crippen molar-refractivity contribution >= 4 is 23.2 Å². The summed E-state index contributed by atoms with van der Waals surface area (Å²) in [5, 5.41) is 9.74. The third-order valence-corrected chi connectivity index (χ3v) is 2.32. The zero-order valence-electron chi connectivity index (χ0n) is 8.12. The first-order chi connectivity index (χ1) is 7.17. The van der Waals surface area contributed by atoms with Crippen molar-refractivity contribution in [3.63, 3.8) is 0 Å². The molecular formula is C10H13Cl2NO2. The maximum Gasteiger partial charge on any atom is 0.0949 e. The van der Waals surface area contributed by atoms with Gasteiger partial charge in [-0.15, -0.1) is 0 Å². The van der Waals surface area contributed by atoms with Crippen LogP contribution in [0.4, 0.5) is 0 Å². The molecule has 1 aromatic rings. The summed E-state index contributed by atoms with van der Waals surface area (Å²) in [5.74, 6) is 0. The Kier molecular flexibility index (Phi) is 5.36. The van der Waals surface area contributed by atoms with Gasteiger partial charge in [0, 0.05) is 16.6 Å². The topological polar surface area (TPSA) is 55.5 Å². The third-order valence-electron chi connectivity index (χ3n) is 1.88. The number of halogens is 2. The van der Waals surface area contributed by atoms with Gasteiger partial charge < -0.3 is 15.6 Å². The lowest BCUT2D eigenvalue weighted by Gasteiger charge is -2.16. The molecule has 0 spiro atoms. The van der Waals surface area contributed by atoms with Crippen molar-refractivity contribution in [1.29, 1.82) is 0 Å². The van der Waals surface area contributed by atoms with Gasteiger partial charge in [0.25, 0.3) is 0 Å². The quantitative estimate of drug-likeness (QED) is 0.840. The van der Waals surface area contributed by atoms with Gasteiger partial charge in [-0.05, 0) is 23.8 Å². The van der Waals surface area contributed by atoms with E-state index in [4.69, 9.17) is 38.8 Å². The van der Waals surface area contributed by atoms with E-state index in [-0.39, 0.29) is 19.3 Å². The Bertz CT molecular complexity index is 300. The fraction of sp³-hybridized carbons (Fsp3) is 0.400. The van der Waals surface area contributed by atoms with Crippen LogP contribution >= 0.6 is 23.2 Å². The number of benzene rings is 1. The summed E-state index contributed by atoms with van der Waals surface area (Å²) in [4.78, 5) is 0. The minimum Gasteiger partial charge on any atom is -0.394 e. The minimum atomic E-state index is -0.284. The first-order valence-electron chi connectivity index (χ1n) is 4.56. The molecule has 1 rings (SSSR count). The monoisotopic (exact) mass is 249 g/mol. The van der Waals surface area contributed by atoms with Crippen molar-refractivity contribution in [2.45, 2.75) is 6.10 Å². The molecule has 1 atom stereocenters. The van der Waals surface area contributed by atoms with Crippen molar-refractivity contribution in [3.05, 3.63) is 33.8 Å². The molecule has 0 saturated heterocycles. The number of hydrogen-bond acceptors (Lipinski definition) is 3. The van der Waals surface area contributed by atoms with E-state index >= 15 is 0 Å². The molecule has 0 heterocycles. The molecule has 0 saturated carbocycles. The van der Waals surface area contributed by atoms with Gasteiger partial charge in [0.1, 0.15) is 0 Å². The second-order valence-corrected chi connectivity index (χ2v) is 3.89. The predicted octanol–water partition coefficient (Wildman–Crippen LogP) is 2.00. The van der Waals surface area contributed by atoms with Gasteiger partial charge in [-0.2, -0.15) is 0 Å². The highest BCUT2D eigenvalue weighted by Gasteiger charge is 2.11. The van der Waals surface area contributed by atoms with Crippen molar-refractivity contribution in [1.82, 2.24) is 0 Å². The van der Waals surface area contributed by atoms with E-state index < -0.39 is 0 Å². The van der Waals surface area contributed by atoms with Crippen molar-refractivity contribution in [2.75, 3.05) is 19.8 Å². The van der Waals surface area contributed by atoms with Crippen LogP contribution in [-0.4, -0.2) is 24.9 Å². The molecule has 15 heavy (non-hydrogen) atoms. The highest BCUT2D eigenvalue weighted by molar-refractivity contribution is 6.34. The molecule has 3 nitrogen and oxygen atoms in total. The highest BCUT2D eigenvalue weighted by atomic mass is 35.5. The van der Waals surface area contributed by atoms with E-state index in [9.17, 15) is 0 Å². The van der Waals surface area contributed by atoms with E-state index in [0.29, 0.717) is 16.6 Å². The summed E-state index contributed by atoms with van der Waals surface area (Å²) < 4.78 is 5.34. The standard InChI is InChI=1S/C10H13Cl2NO2/c11-8-3-7(4-9(12)5-8)10(6-13)15-2-1-14/h3-5,10,14H,1-2,6,13H2. The summed E-state index contributed by atoms with van der Waals surface area (Å²) in [6.07, 6.45) is -0.284. The van der Waals surface area contributed by atoms with Crippen LogP contribution in [-0.2, 0) is 4.74 Å². The fourth-order valence-corrected chi connectivity index (χ4v) is 1.80. The Balaban J connectivity index is 2.81. The molecule has 0 amide bonds. The molecule has 84 valence electrons. The molecule has 3 N–H and O–H groups in total. The van der Waals surface area contributed by atoms with Crippen molar-refractivity contribution < 1.29 is 9.84 Å². The van der Waals surface area contributed by atoms with Gasteiger partial charge in [0.15, 0.2) is 0 Å². The van der Waals surface area contributed by atoms with Gasteiger partial charge in [0.05, 0.1) is 19.3 Å². The summed E-state index contributed by atoms with van der Waals surface area (Å²) in [6, 6.07) is 5.15. The summed E-state index contributed by atoms with van der Waals surface area (Å²) in [6.45, 7) is 0.521. The molecule has 0 bridgehead atoms. The van der Waals surface area contributed by atoms with Crippen LogP contribution in [0.25, 0.3) is 0 Å². The zero-order chi connectivity index (χ0) is 11.3. The zero-order valence-corrected chi connectivity index (χ0v) is 9.63. The molecule has 0 aliphatic heterocycles. The molecule has 0 aliphatic rings. The molecule has 0 aromatic heterocycles. The Hall–Kier alpha value is -0.320. The Labute approximate surface area is 98.7 Å². The van der Waals surface area contributed by atoms with Crippen LogP contribution in [0.2, 0.25) is 10.0 Å². The van der Waals surface area contributed by atoms with Gasteiger partial charge >= 0.3 is 0 Å². The molecule has 0 fully saturated rings. The molecular weight excluding hydrogens is 237 g/mol. The van der Waals surface area contributed by atoms with Gasteiger partial charge in [-0.25, -0.2) is 0 Å². The first kappa shape index (κ1) is 12.7. The van der Waals surface area contributed by atoms with E-state index in [0.717, 1.165) is 5.56 Å². The largest absolute Gasteiger partial charge is 0.394 e. The number of ether oxygens (including phenoxy) is 1. The minimum absolute atomic E-state index is 0.0369. The second kappa shape index (κ2) is 6.30. The van der Waals surface area contributed by atoms with Gasteiger partial charge in [0.2, 0.25) is 0 Å². The van der Waals surface area contributed by atoms with Crippen LogP contribution in [0.3, 0.4) is 0 Å². The normalized spacial score (nSPS) is 12.8. The number of hydrogen-bond donors (Lipinski definition) is 2. The maximum absolute atomic E-state index is 8.65. The number of rotatable bonds is 5. The maximum atomic E-state index is 8.65. The van der Waals surface area contributed by atoms with Crippen LogP contribution < -0.4 is 5.73 Å². The lowest BCUT2D eigenvalue weighted by Crippen LogP contribution is -2.17. The van der Waals surface area contributed by atoms with Gasteiger partial charge in [-0.3, -0.25) is 0 Å². The average Bonchev–Trinajstić information content (AvgIpc) is 2.17. The van der Waals surface area contributed by atoms with Gasteiger partial charge in [-0.1, -0.05) is 23.2 Å². The summed E-state index contributed by atoms with van der Waals surface area (Å²) in [7, 11) is 0. The highest BCUT2D eigenvalue weighted by Crippen LogP contribution is 2.24. The SMILES string of the molecule is NCC(OCCO)c1cc(Cl)cc(Cl)c1. The smallest absolute Gasteiger partial charge is 0.0949 e. The fourth-order valence-electron chi connectivity index (χ4n) is 1.26. The van der Waals surface area contributed by atoms with Crippen LogP contribution in [0.15, 0.2) is 18.2 Å². The first-order valence-corrected chi connectivity index (χ1v) is 5.31. The van der Waals surface area contributed by atoms with E-state index in [1.807, 2.05) is 0 Å². The Morgan fingerprint density at radius 2 is 1.87 bits per heavy atom. The molecule has 1 aromatic carbocycles. The second-order valence-electron chi connectivity index (χ2n) is 3.02.